The van der Waals surface area contributed by atoms with Gasteiger partial charge in [0, 0.05) is 54.2 Å². The summed E-state index contributed by atoms with van der Waals surface area (Å²) in [6.07, 6.45) is 0. The van der Waals surface area contributed by atoms with E-state index in [4.69, 9.17) is 12.1 Å². The number of aromatic nitrogens is 4. The van der Waals surface area contributed by atoms with Crippen molar-refractivity contribution in [3.8, 4) is 39.6 Å². The van der Waals surface area contributed by atoms with Crippen molar-refractivity contribution in [3.05, 3.63) is 218 Å². The van der Waals surface area contributed by atoms with E-state index >= 15 is 0 Å². The lowest BCUT2D eigenvalue weighted by Crippen LogP contribution is -2.06. The first-order valence-corrected chi connectivity index (χ1v) is 21.5. The summed E-state index contributed by atoms with van der Waals surface area (Å²) in [5, 5.41) is 7.67. The molecule has 0 atom stereocenters. The second-order valence-corrected chi connectivity index (χ2v) is 16.4. The summed E-state index contributed by atoms with van der Waals surface area (Å²) in [6, 6.07) is 66.0. The zero-order valence-electron chi connectivity index (χ0n) is 38.2. The van der Waals surface area contributed by atoms with Crippen LogP contribution in [0, 0.1) is 0 Å². The minimum atomic E-state index is -0.303. The number of pyridine rings is 1. The van der Waals surface area contributed by atoms with Gasteiger partial charge in [-0.25, -0.2) is 4.98 Å². The monoisotopic (exact) mass is 820 g/mol. The first-order chi connectivity index (χ1) is 33.4. The van der Waals surface area contributed by atoms with Gasteiger partial charge < -0.3 is 8.98 Å². The molecule has 5 heterocycles. The SMILES string of the molecule is [2H]c1c([2H])c([2H])c2c(c1[2H])c1ccccc1n2-c1cc(-c2c(-c3cccc4c3oc3ccccc34)cccc2-n2c3ccccc3c3ccccc32)cc(-n2c3ccccc3c3ccccc32)n1. The summed E-state index contributed by atoms with van der Waals surface area (Å²) in [5.41, 5.74) is 11.4. The highest BCUT2D eigenvalue weighted by atomic mass is 16.3. The summed E-state index contributed by atoms with van der Waals surface area (Å²) in [6.45, 7) is 0. The first-order valence-electron chi connectivity index (χ1n) is 23.5. The lowest BCUT2D eigenvalue weighted by molar-refractivity contribution is 0.670. The third-order valence-corrected chi connectivity index (χ3v) is 13.0. The van der Waals surface area contributed by atoms with Crippen LogP contribution in [0.2, 0.25) is 0 Å². The molecule has 298 valence electrons. The third-order valence-electron chi connectivity index (χ3n) is 13.0. The summed E-state index contributed by atoms with van der Waals surface area (Å²) < 4.78 is 49.7. The van der Waals surface area contributed by atoms with Crippen LogP contribution in [0.1, 0.15) is 5.48 Å². The number of nitrogens with zero attached hydrogens (tertiary/aromatic N) is 4. The molecule has 0 spiro atoms. The van der Waals surface area contributed by atoms with Crippen molar-refractivity contribution in [2.75, 3.05) is 0 Å². The maximum atomic E-state index is 9.47. The van der Waals surface area contributed by atoms with E-state index in [1.165, 1.54) is 0 Å². The Bertz CT molecular complexity index is 4350. The number of rotatable bonds is 5. The van der Waals surface area contributed by atoms with Crippen molar-refractivity contribution in [2.24, 2.45) is 0 Å². The van der Waals surface area contributed by atoms with Gasteiger partial charge >= 0.3 is 0 Å². The van der Waals surface area contributed by atoms with Crippen LogP contribution in [-0.2, 0) is 0 Å². The van der Waals surface area contributed by atoms with E-state index in [1.54, 1.807) is 0 Å². The van der Waals surface area contributed by atoms with Crippen molar-refractivity contribution in [2.45, 2.75) is 0 Å². The third kappa shape index (κ3) is 4.92. The quantitative estimate of drug-likeness (QED) is 0.174. The van der Waals surface area contributed by atoms with Crippen LogP contribution in [-0.4, -0.2) is 18.7 Å². The molecule has 9 aromatic carbocycles. The van der Waals surface area contributed by atoms with Crippen molar-refractivity contribution >= 4 is 87.4 Å². The minimum Gasteiger partial charge on any atom is -0.455 e. The van der Waals surface area contributed by atoms with Gasteiger partial charge in [0.2, 0.25) is 0 Å². The van der Waals surface area contributed by atoms with E-state index in [9.17, 15) is 2.74 Å². The number of furan rings is 1. The van der Waals surface area contributed by atoms with Crippen molar-refractivity contribution in [3.63, 3.8) is 0 Å². The van der Waals surface area contributed by atoms with Crippen molar-refractivity contribution in [1.82, 2.24) is 18.7 Å². The fraction of sp³-hybridized carbons (Fsp3) is 0. The van der Waals surface area contributed by atoms with Gasteiger partial charge in [-0.05, 0) is 71.8 Å². The Morgan fingerprint density at radius 3 is 1.44 bits per heavy atom. The normalized spacial score (nSPS) is 12.9. The maximum Gasteiger partial charge on any atom is 0.143 e. The molecular weight excluding hydrogens is 781 g/mol. The standard InChI is InChI=1S/C59H36N4O/c1-8-27-48-38(17-1)39-18-2-9-28-49(39)61(48)54-33-16-24-45(47-26-15-25-46-44-23-7-14-34-55(44)64-59(46)47)58(54)37-35-56(62-50-29-10-3-19-40(50)41-20-4-11-30-51(41)62)60-57(36-37)63-52-31-12-5-21-42(52)43-22-6-13-32-53(43)63/h1-36H/i3D,10D,19D,29D. The van der Waals surface area contributed by atoms with E-state index < -0.39 is 0 Å². The molecule has 0 N–H and O–H groups in total. The number of hydrogen-bond donors (Lipinski definition) is 0. The molecule has 5 heteroatoms. The second kappa shape index (κ2) is 13.4. The molecule has 64 heavy (non-hydrogen) atoms. The summed E-state index contributed by atoms with van der Waals surface area (Å²) in [7, 11) is 0. The Hall–Kier alpha value is -8.67. The van der Waals surface area contributed by atoms with E-state index in [2.05, 4.69) is 161 Å². The second-order valence-electron chi connectivity index (χ2n) is 16.4. The van der Waals surface area contributed by atoms with Crippen LogP contribution in [0.15, 0.2) is 223 Å². The van der Waals surface area contributed by atoms with Gasteiger partial charge in [0.1, 0.15) is 22.8 Å². The largest absolute Gasteiger partial charge is 0.455 e. The Kier molecular flexibility index (Phi) is 6.54. The summed E-state index contributed by atoms with van der Waals surface area (Å²) >= 11 is 0. The zero-order chi connectivity index (χ0) is 45.4. The molecule has 14 aromatic rings. The van der Waals surface area contributed by atoms with Gasteiger partial charge in [0.15, 0.2) is 0 Å². The molecule has 0 fully saturated rings. The van der Waals surface area contributed by atoms with E-state index in [0.717, 1.165) is 99.0 Å². The van der Waals surface area contributed by atoms with E-state index in [1.807, 2.05) is 47.0 Å². The number of fused-ring (bicyclic) bond motifs is 12. The van der Waals surface area contributed by atoms with Crippen LogP contribution in [0.5, 0.6) is 0 Å². The Morgan fingerprint density at radius 2 is 0.828 bits per heavy atom. The molecule has 0 amide bonds. The van der Waals surface area contributed by atoms with Gasteiger partial charge in [0.05, 0.1) is 44.3 Å². The highest BCUT2D eigenvalue weighted by Crippen LogP contribution is 2.46. The summed E-state index contributed by atoms with van der Waals surface area (Å²) in [4.78, 5) is 5.59. The lowest BCUT2D eigenvalue weighted by Gasteiger charge is -2.21. The van der Waals surface area contributed by atoms with Gasteiger partial charge in [-0.2, -0.15) is 0 Å². The molecule has 0 saturated carbocycles. The molecule has 0 bridgehead atoms. The highest BCUT2D eigenvalue weighted by molar-refractivity contribution is 6.14. The van der Waals surface area contributed by atoms with Gasteiger partial charge in [0.25, 0.3) is 0 Å². The Morgan fingerprint density at radius 1 is 0.375 bits per heavy atom. The highest BCUT2D eigenvalue weighted by Gasteiger charge is 2.24. The minimum absolute atomic E-state index is 0.0901. The predicted molar refractivity (Wildman–Crippen MR) is 265 cm³/mol. The van der Waals surface area contributed by atoms with Crippen LogP contribution >= 0.6 is 0 Å². The Labute approximate surface area is 372 Å². The average Bonchev–Trinajstić information content (AvgIpc) is 4.14. The molecule has 5 aromatic heterocycles. The smallest absolute Gasteiger partial charge is 0.143 e. The number of benzene rings is 9. The van der Waals surface area contributed by atoms with Crippen LogP contribution in [0.25, 0.3) is 127 Å². The lowest BCUT2D eigenvalue weighted by atomic mass is 9.91. The maximum absolute atomic E-state index is 9.47. The first kappa shape index (κ1) is 31.2. The van der Waals surface area contributed by atoms with Crippen LogP contribution < -0.4 is 0 Å². The average molecular weight is 821 g/mol. The van der Waals surface area contributed by atoms with Crippen LogP contribution in [0.3, 0.4) is 0 Å². The predicted octanol–water partition coefficient (Wildman–Crippen LogP) is 15.6. The molecule has 0 aliphatic carbocycles. The molecule has 0 aliphatic heterocycles. The van der Waals surface area contributed by atoms with E-state index in [-0.39, 0.29) is 24.2 Å². The number of hydrogen-bond acceptors (Lipinski definition) is 2. The van der Waals surface area contributed by atoms with Crippen molar-refractivity contribution < 1.29 is 9.90 Å². The van der Waals surface area contributed by atoms with Gasteiger partial charge in [-0.1, -0.05) is 158 Å². The molecule has 5 nitrogen and oxygen atoms in total. The zero-order valence-corrected chi connectivity index (χ0v) is 34.2. The molecule has 0 aliphatic rings. The number of para-hydroxylation sites is 8. The molecule has 0 saturated heterocycles. The van der Waals surface area contributed by atoms with Crippen LogP contribution in [0.4, 0.5) is 0 Å². The molecule has 0 unspecified atom stereocenters. The summed E-state index contributed by atoms with van der Waals surface area (Å²) in [5.74, 6) is 1.15. The fourth-order valence-corrected chi connectivity index (χ4v) is 10.3. The molecule has 14 rings (SSSR count). The van der Waals surface area contributed by atoms with Crippen molar-refractivity contribution in [1.29, 1.82) is 0 Å². The topological polar surface area (TPSA) is 40.8 Å². The Balaban J connectivity index is 1.19. The van der Waals surface area contributed by atoms with Gasteiger partial charge in [-0.3, -0.25) is 9.13 Å². The fourth-order valence-electron chi connectivity index (χ4n) is 10.3. The molecule has 0 radical (unpaired) electrons. The molecular formula is C59H36N4O. The van der Waals surface area contributed by atoms with Gasteiger partial charge in [-0.15, -0.1) is 0 Å². The van der Waals surface area contributed by atoms with E-state index in [0.29, 0.717) is 27.9 Å².